The zero-order valence-corrected chi connectivity index (χ0v) is 7.91. The van der Waals surface area contributed by atoms with Crippen molar-refractivity contribution in [2.45, 2.75) is 20.3 Å². The first kappa shape index (κ1) is 9.39. The fourth-order valence-corrected chi connectivity index (χ4v) is 2.59. The molecular formula is C7H19OP. The summed E-state index contributed by atoms with van der Waals surface area (Å²) in [6.45, 7) is 6.15. The Morgan fingerprint density at radius 1 is 1.22 bits per heavy atom. The number of hydrogen-bond donors (Lipinski definition) is 1. The Morgan fingerprint density at radius 3 is 1.78 bits per heavy atom. The van der Waals surface area contributed by atoms with Crippen molar-refractivity contribution in [2.24, 2.45) is 0 Å². The molecule has 0 aliphatic rings. The summed E-state index contributed by atoms with van der Waals surface area (Å²) in [5.41, 5.74) is 0. The van der Waals surface area contributed by atoms with Crippen LogP contribution in [0, 0.1) is 0 Å². The third-order valence-corrected chi connectivity index (χ3v) is 5.78. The Balaban J connectivity index is 3.95. The molecule has 0 heterocycles. The van der Waals surface area contributed by atoms with Crippen LogP contribution in [0.15, 0.2) is 0 Å². The molecule has 0 rings (SSSR count). The van der Waals surface area contributed by atoms with Gasteiger partial charge in [0.1, 0.15) is 0 Å². The molecule has 0 aromatic carbocycles. The van der Waals surface area contributed by atoms with E-state index in [2.05, 4.69) is 13.8 Å². The van der Waals surface area contributed by atoms with Crippen molar-refractivity contribution >= 4 is 6.83 Å². The van der Waals surface area contributed by atoms with Crippen LogP contribution in [0.3, 0.4) is 0 Å². The maximum atomic E-state index is 9.92. The molecule has 0 aromatic rings. The SMILES string of the molecule is CCCP(C)(C)(O)CC. The van der Waals surface area contributed by atoms with Crippen LogP contribution >= 0.6 is 6.83 Å². The summed E-state index contributed by atoms with van der Waals surface area (Å²) in [5.74, 6) is 0. The monoisotopic (exact) mass is 150 g/mol. The molecule has 0 unspecified atom stereocenters. The topological polar surface area (TPSA) is 20.2 Å². The van der Waals surface area contributed by atoms with E-state index in [-0.39, 0.29) is 0 Å². The molecule has 0 fully saturated rings. The summed E-state index contributed by atoms with van der Waals surface area (Å²) in [5, 5.41) is 0. The minimum atomic E-state index is -2.13. The van der Waals surface area contributed by atoms with E-state index >= 15 is 0 Å². The van der Waals surface area contributed by atoms with Crippen LogP contribution in [0.25, 0.3) is 0 Å². The molecule has 0 aliphatic heterocycles. The Hall–Kier alpha value is 0.390. The second-order valence-electron chi connectivity index (χ2n) is 3.66. The van der Waals surface area contributed by atoms with Gasteiger partial charge in [-0.15, -0.1) is 0 Å². The minimum absolute atomic E-state index is 0.958. The van der Waals surface area contributed by atoms with Crippen LogP contribution in [0.5, 0.6) is 0 Å². The molecule has 0 aliphatic carbocycles. The normalized spacial score (nSPS) is 16.8. The Labute approximate surface area is 58.5 Å². The van der Waals surface area contributed by atoms with Gasteiger partial charge in [0.25, 0.3) is 0 Å². The van der Waals surface area contributed by atoms with Crippen molar-refractivity contribution in [3.05, 3.63) is 0 Å². The average Bonchev–Trinajstić information content (AvgIpc) is 1.66. The Kier molecular flexibility index (Phi) is 2.67. The van der Waals surface area contributed by atoms with Gasteiger partial charge in [0.05, 0.1) is 0 Å². The van der Waals surface area contributed by atoms with E-state index < -0.39 is 6.83 Å². The molecule has 58 valence electrons. The molecule has 0 aromatic heterocycles. The van der Waals surface area contributed by atoms with Crippen molar-refractivity contribution in [3.8, 4) is 0 Å². The van der Waals surface area contributed by atoms with E-state index in [1.807, 2.05) is 13.3 Å². The third-order valence-electron chi connectivity index (χ3n) is 1.93. The third kappa shape index (κ3) is 3.89. The van der Waals surface area contributed by atoms with Gasteiger partial charge in [-0.2, -0.15) is 0 Å². The summed E-state index contributed by atoms with van der Waals surface area (Å²) in [4.78, 5) is 9.92. The van der Waals surface area contributed by atoms with Crippen LogP contribution in [0.2, 0.25) is 0 Å². The van der Waals surface area contributed by atoms with Crippen molar-refractivity contribution in [3.63, 3.8) is 0 Å². The van der Waals surface area contributed by atoms with Gasteiger partial charge in [-0.3, -0.25) is 0 Å². The molecular weight excluding hydrogens is 131 g/mol. The second kappa shape index (κ2) is 2.56. The van der Waals surface area contributed by atoms with Gasteiger partial charge >= 0.3 is 57.6 Å². The molecule has 1 N–H and O–H groups in total. The van der Waals surface area contributed by atoms with Crippen molar-refractivity contribution in [1.82, 2.24) is 0 Å². The predicted molar refractivity (Wildman–Crippen MR) is 46.7 cm³/mol. The number of hydrogen-bond acceptors (Lipinski definition) is 1. The summed E-state index contributed by atoms with van der Waals surface area (Å²) in [6.07, 6.45) is 3.08. The molecule has 0 bridgehead atoms. The van der Waals surface area contributed by atoms with Gasteiger partial charge in [-0.25, -0.2) is 0 Å². The van der Waals surface area contributed by atoms with Crippen molar-refractivity contribution in [1.29, 1.82) is 0 Å². The van der Waals surface area contributed by atoms with Gasteiger partial charge in [-0.05, 0) is 0 Å². The fraction of sp³-hybridized carbons (Fsp3) is 1.00. The van der Waals surface area contributed by atoms with Gasteiger partial charge in [0, 0.05) is 0 Å². The number of rotatable bonds is 3. The van der Waals surface area contributed by atoms with Crippen LogP contribution in [-0.2, 0) is 0 Å². The summed E-state index contributed by atoms with van der Waals surface area (Å²) in [7, 11) is 0. The van der Waals surface area contributed by atoms with Gasteiger partial charge in [0.15, 0.2) is 0 Å². The molecule has 1 nitrogen and oxygen atoms in total. The molecule has 0 radical (unpaired) electrons. The van der Waals surface area contributed by atoms with Gasteiger partial charge in [0.2, 0.25) is 0 Å². The van der Waals surface area contributed by atoms with E-state index in [1.54, 1.807) is 0 Å². The van der Waals surface area contributed by atoms with Crippen molar-refractivity contribution < 1.29 is 4.89 Å². The Bertz CT molecular complexity index is 90.8. The second-order valence-corrected chi connectivity index (χ2v) is 9.98. The van der Waals surface area contributed by atoms with E-state index in [1.165, 1.54) is 0 Å². The molecule has 0 saturated heterocycles. The summed E-state index contributed by atoms with van der Waals surface area (Å²) in [6, 6.07) is 0. The van der Waals surface area contributed by atoms with E-state index in [4.69, 9.17) is 0 Å². The van der Waals surface area contributed by atoms with Crippen molar-refractivity contribution in [2.75, 3.05) is 25.7 Å². The molecule has 9 heavy (non-hydrogen) atoms. The zero-order chi connectivity index (χ0) is 7.57. The maximum absolute atomic E-state index is 9.92. The van der Waals surface area contributed by atoms with Crippen LogP contribution in [0.1, 0.15) is 20.3 Å². The zero-order valence-electron chi connectivity index (χ0n) is 7.02. The molecule has 2 heteroatoms. The first-order valence-corrected chi connectivity index (χ1v) is 7.09. The van der Waals surface area contributed by atoms with Crippen LogP contribution in [-0.4, -0.2) is 30.5 Å². The first-order valence-electron chi connectivity index (χ1n) is 3.64. The molecule has 0 saturated carbocycles. The summed E-state index contributed by atoms with van der Waals surface area (Å²) >= 11 is 0. The molecule has 0 atom stereocenters. The van der Waals surface area contributed by atoms with Crippen LogP contribution < -0.4 is 0 Å². The van der Waals surface area contributed by atoms with E-state index in [0.717, 1.165) is 18.7 Å². The average molecular weight is 150 g/mol. The predicted octanol–water partition coefficient (Wildman–Crippen LogP) is 2.14. The van der Waals surface area contributed by atoms with Gasteiger partial charge in [-0.1, -0.05) is 0 Å². The first-order chi connectivity index (χ1) is 3.89. The van der Waals surface area contributed by atoms with Gasteiger partial charge < -0.3 is 0 Å². The molecule has 0 spiro atoms. The van der Waals surface area contributed by atoms with E-state index in [0.29, 0.717) is 0 Å². The van der Waals surface area contributed by atoms with E-state index in [9.17, 15) is 4.89 Å². The fourth-order valence-electron chi connectivity index (χ4n) is 0.863. The standard InChI is InChI=1S/C7H19OP/c1-5-7-9(3,4,8)6-2/h8H,5-7H2,1-4H3. The molecule has 0 amide bonds. The van der Waals surface area contributed by atoms with Crippen LogP contribution in [0.4, 0.5) is 0 Å². The Morgan fingerprint density at radius 2 is 1.67 bits per heavy atom. The quantitative estimate of drug-likeness (QED) is 0.611. The summed E-state index contributed by atoms with van der Waals surface area (Å²) < 4.78 is 0.